The molecule has 1 fully saturated rings. The molecular formula is C15H25N3O2. The summed E-state index contributed by atoms with van der Waals surface area (Å²) in [7, 11) is 0. The molecule has 0 aliphatic carbocycles. The number of hydrogen-bond acceptors (Lipinski definition) is 5. The third-order valence-electron chi connectivity index (χ3n) is 3.51. The molecule has 0 aromatic carbocycles. The highest BCUT2D eigenvalue weighted by Crippen LogP contribution is 2.23. The van der Waals surface area contributed by atoms with Crippen molar-refractivity contribution in [1.29, 1.82) is 0 Å². The molecule has 5 nitrogen and oxygen atoms in total. The molecule has 5 heteroatoms. The Hall–Kier alpha value is -1.20. The predicted molar refractivity (Wildman–Crippen MR) is 79.1 cm³/mol. The third kappa shape index (κ3) is 3.67. The molecular weight excluding hydrogens is 254 g/mol. The summed E-state index contributed by atoms with van der Waals surface area (Å²) >= 11 is 0. The van der Waals surface area contributed by atoms with Crippen molar-refractivity contribution >= 4 is 5.82 Å². The van der Waals surface area contributed by atoms with Gasteiger partial charge in [0.2, 0.25) is 0 Å². The van der Waals surface area contributed by atoms with Crippen molar-refractivity contribution in [2.45, 2.75) is 52.2 Å². The van der Waals surface area contributed by atoms with Gasteiger partial charge in [0.05, 0.1) is 25.4 Å². The van der Waals surface area contributed by atoms with Crippen LogP contribution in [0.15, 0.2) is 6.07 Å². The number of aliphatic hydroxyl groups is 1. The second-order valence-corrected chi connectivity index (χ2v) is 5.89. The van der Waals surface area contributed by atoms with E-state index in [1.165, 1.54) is 0 Å². The highest BCUT2D eigenvalue weighted by molar-refractivity contribution is 5.42. The van der Waals surface area contributed by atoms with Crippen molar-refractivity contribution in [1.82, 2.24) is 9.97 Å². The Labute approximate surface area is 121 Å². The van der Waals surface area contributed by atoms with Crippen molar-refractivity contribution in [3.63, 3.8) is 0 Å². The number of ether oxygens (including phenoxy) is 1. The number of aromatic nitrogens is 2. The first kappa shape index (κ1) is 15.2. The molecule has 0 bridgehead atoms. The van der Waals surface area contributed by atoms with Crippen molar-refractivity contribution < 1.29 is 9.84 Å². The van der Waals surface area contributed by atoms with Crippen LogP contribution in [0.3, 0.4) is 0 Å². The maximum Gasteiger partial charge on any atom is 0.133 e. The van der Waals surface area contributed by atoms with Gasteiger partial charge in [-0.15, -0.1) is 0 Å². The van der Waals surface area contributed by atoms with Crippen LogP contribution >= 0.6 is 0 Å². The van der Waals surface area contributed by atoms with E-state index in [4.69, 9.17) is 9.72 Å². The van der Waals surface area contributed by atoms with E-state index < -0.39 is 0 Å². The largest absolute Gasteiger partial charge is 0.393 e. The van der Waals surface area contributed by atoms with E-state index in [0.717, 1.165) is 23.9 Å². The molecule has 1 N–H and O–H groups in total. The van der Waals surface area contributed by atoms with Crippen LogP contribution in [0.25, 0.3) is 0 Å². The predicted octanol–water partition coefficient (Wildman–Crippen LogP) is 1.88. The van der Waals surface area contributed by atoms with Crippen molar-refractivity contribution in [2.24, 2.45) is 0 Å². The smallest absolute Gasteiger partial charge is 0.133 e. The number of rotatable bonds is 4. The minimum absolute atomic E-state index is 0.179. The fraction of sp³-hybridized carbons (Fsp3) is 0.733. The molecule has 2 heterocycles. The van der Waals surface area contributed by atoms with Gasteiger partial charge in [-0.05, 0) is 20.3 Å². The van der Waals surface area contributed by atoms with Crippen LogP contribution in [-0.4, -0.2) is 47.0 Å². The lowest BCUT2D eigenvalue weighted by Crippen LogP contribution is -2.47. The van der Waals surface area contributed by atoms with Crippen LogP contribution in [0.5, 0.6) is 0 Å². The Morgan fingerprint density at radius 3 is 2.80 bits per heavy atom. The molecule has 1 aromatic rings. The van der Waals surface area contributed by atoms with Gasteiger partial charge in [0.25, 0.3) is 0 Å². The summed E-state index contributed by atoms with van der Waals surface area (Å²) in [4.78, 5) is 11.4. The van der Waals surface area contributed by atoms with E-state index in [9.17, 15) is 5.11 Å². The minimum Gasteiger partial charge on any atom is -0.393 e. The number of aliphatic hydroxyl groups excluding tert-OH is 1. The molecule has 2 atom stereocenters. The zero-order chi connectivity index (χ0) is 14.7. The molecule has 20 heavy (non-hydrogen) atoms. The molecule has 1 aromatic heterocycles. The Morgan fingerprint density at radius 2 is 2.15 bits per heavy atom. The summed E-state index contributed by atoms with van der Waals surface area (Å²) < 4.78 is 5.55. The number of nitrogens with zero attached hydrogens (tertiary/aromatic N) is 3. The van der Waals surface area contributed by atoms with Gasteiger partial charge >= 0.3 is 0 Å². The number of hydrogen-bond donors (Lipinski definition) is 1. The SMILES string of the molecule is Cc1cc(N2CCOCC2CC(C)O)nc(C(C)C)n1. The van der Waals surface area contributed by atoms with Crippen molar-refractivity contribution in [3.05, 3.63) is 17.6 Å². The molecule has 0 spiro atoms. The molecule has 2 unspecified atom stereocenters. The lowest BCUT2D eigenvalue weighted by atomic mass is 10.1. The highest BCUT2D eigenvalue weighted by Gasteiger charge is 2.26. The van der Waals surface area contributed by atoms with Crippen LogP contribution < -0.4 is 4.90 Å². The zero-order valence-electron chi connectivity index (χ0n) is 12.8. The average molecular weight is 279 g/mol. The number of morpholine rings is 1. The maximum absolute atomic E-state index is 9.65. The Balaban J connectivity index is 2.27. The molecule has 0 radical (unpaired) electrons. The van der Waals surface area contributed by atoms with E-state index in [0.29, 0.717) is 25.6 Å². The van der Waals surface area contributed by atoms with Crippen molar-refractivity contribution in [3.8, 4) is 0 Å². The maximum atomic E-state index is 9.65. The van der Waals surface area contributed by atoms with Crippen LogP contribution in [0.4, 0.5) is 5.82 Å². The van der Waals surface area contributed by atoms with E-state index in [2.05, 4.69) is 23.7 Å². The Bertz CT molecular complexity index is 449. The summed E-state index contributed by atoms with van der Waals surface area (Å²) in [6.45, 7) is 10.2. The van der Waals surface area contributed by atoms with E-state index in [1.807, 2.05) is 19.9 Å². The first-order chi connectivity index (χ1) is 9.47. The van der Waals surface area contributed by atoms with E-state index in [1.54, 1.807) is 0 Å². The van der Waals surface area contributed by atoms with Gasteiger partial charge in [-0.1, -0.05) is 13.8 Å². The molecule has 0 amide bonds. The van der Waals surface area contributed by atoms with Gasteiger partial charge in [-0.3, -0.25) is 0 Å². The third-order valence-corrected chi connectivity index (χ3v) is 3.51. The molecule has 2 rings (SSSR count). The number of anilines is 1. The fourth-order valence-corrected chi connectivity index (χ4v) is 2.53. The second-order valence-electron chi connectivity index (χ2n) is 5.89. The molecule has 0 saturated carbocycles. The van der Waals surface area contributed by atoms with Crippen molar-refractivity contribution in [2.75, 3.05) is 24.7 Å². The quantitative estimate of drug-likeness (QED) is 0.912. The number of aryl methyl sites for hydroxylation is 1. The summed E-state index contributed by atoms with van der Waals surface area (Å²) in [6.07, 6.45) is 0.358. The lowest BCUT2D eigenvalue weighted by Gasteiger charge is -2.37. The first-order valence-electron chi connectivity index (χ1n) is 7.35. The van der Waals surface area contributed by atoms with Gasteiger partial charge in [-0.2, -0.15) is 0 Å². The average Bonchev–Trinajstić information content (AvgIpc) is 2.37. The standard InChI is InChI=1S/C15H25N3O2/c1-10(2)15-16-11(3)7-14(17-15)18-5-6-20-9-13(18)8-12(4)19/h7,10,12-13,19H,5-6,8-9H2,1-4H3. The topological polar surface area (TPSA) is 58.5 Å². The summed E-state index contributed by atoms with van der Waals surface area (Å²) in [5.74, 6) is 2.14. The monoisotopic (exact) mass is 279 g/mol. The summed E-state index contributed by atoms with van der Waals surface area (Å²) in [5.41, 5.74) is 0.987. The molecule has 1 aliphatic rings. The second kappa shape index (κ2) is 6.50. The van der Waals surface area contributed by atoms with E-state index in [-0.39, 0.29) is 12.1 Å². The van der Waals surface area contributed by atoms with Gasteiger partial charge in [-0.25, -0.2) is 9.97 Å². The molecule has 1 aliphatic heterocycles. The van der Waals surface area contributed by atoms with Gasteiger partial charge in [0.15, 0.2) is 0 Å². The molecule has 1 saturated heterocycles. The van der Waals surface area contributed by atoms with Crippen LogP contribution in [0, 0.1) is 6.92 Å². The highest BCUT2D eigenvalue weighted by atomic mass is 16.5. The van der Waals surface area contributed by atoms with Crippen LogP contribution in [0.2, 0.25) is 0 Å². The molecule has 112 valence electrons. The normalized spacial score (nSPS) is 21.3. The van der Waals surface area contributed by atoms with E-state index >= 15 is 0 Å². The van der Waals surface area contributed by atoms with Crippen LogP contribution in [-0.2, 0) is 4.74 Å². The Morgan fingerprint density at radius 1 is 1.40 bits per heavy atom. The first-order valence-corrected chi connectivity index (χ1v) is 7.35. The minimum atomic E-state index is -0.336. The summed E-state index contributed by atoms with van der Waals surface area (Å²) in [5, 5.41) is 9.65. The van der Waals surface area contributed by atoms with Gasteiger partial charge < -0.3 is 14.7 Å². The van der Waals surface area contributed by atoms with Gasteiger partial charge in [0.1, 0.15) is 11.6 Å². The summed E-state index contributed by atoms with van der Waals surface area (Å²) in [6, 6.07) is 2.20. The zero-order valence-corrected chi connectivity index (χ0v) is 12.8. The lowest BCUT2D eigenvalue weighted by molar-refractivity contribution is 0.0717. The van der Waals surface area contributed by atoms with Crippen LogP contribution in [0.1, 0.15) is 44.6 Å². The Kier molecular flexibility index (Phi) is 4.94. The fourth-order valence-electron chi connectivity index (χ4n) is 2.53. The van der Waals surface area contributed by atoms with Gasteiger partial charge in [0, 0.05) is 24.2 Å².